The third kappa shape index (κ3) is 11.0. The molecule has 0 aliphatic carbocycles. The van der Waals surface area contributed by atoms with Gasteiger partial charge in [-0.15, -0.1) is 5.16 Å². The van der Waals surface area contributed by atoms with E-state index in [4.69, 9.17) is 5.21 Å². The molecule has 21 heavy (non-hydrogen) atoms. The van der Waals surface area contributed by atoms with Gasteiger partial charge in [0.1, 0.15) is 0 Å². The fraction of sp³-hybridized carbons (Fsp3) is 0.667. The maximum absolute atomic E-state index is 8.26. The molecule has 3 heteroatoms. The highest BCUT2D eigenvalue weighted by Gasteiger charge is 1.95. The summed E-state index contributed by atoms with van der Waals surface area (Å²) in [5.74, 6) is 0. The normalized spacial score (nSPS) is 11.2. The maximum Gasteiger partial charge on any atom is 0.0435 e. The van der Waals surface area contributed by atoms with Crippen molar-refractivity contribution in [2.75, 3.05) is 0 Å². The molecule has 1 aromatic rings. The molecule has 0 amide bonds. The van der Waals surface area contributed by atoms with E-state index in [-0.39, 0.29) is 0 Å². The van der Waals surface area contributed by atoms with Gasteiger partial charge in [0.15, 0.2) is 0 Å². The van der Waals surface area contributed by atoms with Crippen LogP contribution < -0.4 is 0 Å². The Balaban J connectivity index is 1.77. The predicted molar refractivity (Wildman–Crippen MR) is 89.0 cm³/mol. The lowest BCUT2D eigenvalue weighted by Crippen LogP contribution is -1.87. The van der Waals surface area contributed by atoms with Crippen LogP contribution in [0, 0.1) is 0 Å². The Morgan fingerprint density at radius 1 is 0.905 bits per heavy atom. The molecule has 0 atom stereocenters. The van der Waals surface area contributed by atoms with Gasteiger partial charge >= 0.3 is 0 Å². The standard InChI is InChI=1S/C18H30N2O/c21-20-16-11-9-7-5-3-1-2-4-6-8-10-13-18-14-12-15-19-17-18/h12,14-17,21H,1-11,13H2/b20-16+. The lowest BCUT2D eigenvalue weighted by molar-refractivity contribution is 0.320. The Morgan fingerprint density at radius 3 is 2.10 bits per heavy atom. The molecule has 0 unspecified atom stereocenters. The second kappa shape index (κ2) is 13.6. The summed E-state index contributed by atoms with van der Waals surface area (Å²) in [6.45, 7) is 0. The monoisotopic (exact) mass is 290 g/mol. The second-order valence-corrected chi connectivity index (χ2v) is 5.73. The molecule has 0 aromatic carbocycles. The summed E-state index contributed by atoms with van der Waals surface area (Å²) in [7, 11) is 0. The van der Waals surface area contributed by atoms with Crippen LogP contribution in [0.25, 0.3) is 0 Å². The number of oxime groups is 1. The molecule has 0 saturated heterocycles. The highest BCUT2D eigenvalue weighted by molar-refractivity contribution is 5.55. The zero-order valence-corrected chi connectivity index (χ0v) is 13.2. The van der Waals surface area contributed by atoms with Crippen LogP contribution in [0.15, 0.2) is 29.7 Å². The van der Waals surface area contributed by atoms with Gasteiger partial charge in [-0.2, -0.15) is 0 Å². The predicted octanol–water partition coefficient (Wildman–Crippen LogP) is 5.38. The second-order valence-electron chi connectivity index (χ2n) is 5.73. The van der Waals surface area contributed by atoms with E-state index in [0.29, 0.717) is 0 Å². The third-order valence-electron chi connectivity index (χ3n) is 3.85. The zero-order valence-electron chi connectivity index (χ0n) is 13.2. The van der Waals surface area contributed by atoms with Gasteiger partial charge in [0.2, 0.25) is 0 Å². The number of nitrogens with zero attached hydrogens (tertiary/aromatic N) is 2. The minimum Gasteiger partial charge on any atom is -0.411 e. The molecule has 1 heterocycles. The van der Waals surface area contributed by atoms with E-state index in [9.17, 15) is 0 Å². The van der Waals surface area contributed by atoms with Crippen molar-refractivity contribution < 1.29 is 5.21 Å². The third-order valence-corrected chi connectivity index (χ3v) is 3.85. The van der Waals surface area contributed by atoms with Gasteiger partial charge in [0.25, 0.3) is 0 Å². The molecule has 0 bridgehead atoms. The Labute approximate surface area is 129 Å². The van der Waals surface area contributed by atoms with E-state index in [1.54, 1.807) is 6.21 Å². The topological polar surface area (TPSA) is 45.5 Å². The van der Waals surface area contributed by atoms with Gasteiger partial charge in [-0.1, -0.05) is 57.4 Å². The van der Waals surface area contributed by atoms with Gasteiger partial charge in [0.05, 0.1) is 0 Å². The average Bonchev–Trinajstić information content (AvgIpc) is 2.53. The number of rotatable bonds is 13. The summed E-state index contributed by atoms with van der Waals surface area (Å²) in [6.07, 6.45) is 20.7. The average molecular weight is 290 g/mol. The number of aryl methyl sites for hydroxylation is 1. The Bertz CT molecular complexity index is 351. The molecule has 0 saturated carbocycles. The van der Waals surface area contributed by atoms with Crippen molar-refractivity contribution in [2.45, 2.75) is 77.0 Å². The Morgan fingerprint density at radius 2 is 1.52 bits per heavy atom. The van der Waals surface area contributed by atoms with Crippen LogP contribution in [0.4, 0.5) is 0 Å². The molecule has 1 N–H and O–H groups in total. The summed E-state index contributed by atoms with van der Waals surface area (Å²) in [5.41, 5.74) is 1.36. The van der Waals surface area contributed by atoms with Crippen LogP contribution in [-0.4, -0.2) is 16.4 Å². The smallest absolute Gasteiger partial charge is 0.0435 e. The van der Waals surface area contributed by atoms with Crippen LogP contribution in [0.5, 0.6) is 0 Å². The van der Waals surface area contributed by atoms with Gasteiger partial charge in [-0.25, -0.2) is 0 Å². The Hall–Kier alpha value is -1.38. The van der Waals surface area contributed by atoms with Crippen molar-refractivity contribution in [1.29, 1.82) is 0 Å². The highest BCUT2D eigenvalue weighted by atomic mass is 16.4. The van der Waals surface area contributed by atoms with Crippen LogP contribution in [0.2, 0.25) is 0 Å². The number of aromatic nitrogens is 1. The summed E-state index contributed by atoms with van der Waals surface area (Å²) >= 11 is 0. The van der Waals surface area contributed by atoms with Gasteiger partial charge < -0.3 is 5.21 Å². The summed E-state index contributed by atoms with van der Waals surface area (Å²) in [5, 5.41) is 11.3. The fourth-order valence-electron chi connectivity index (χ4n) is 2.58. The molecular formula is C18H30N2O. The van der Waals surface area contributed by atoms with Crippen LogP contribution in [-0.2, 0) is 6.42 Å². The molecule has 0 radical (unpaired) electrons. The molecule has 0 aliphatic heterocycles. The quantitative estimate of drug-likeness (QED) is 0.229. The van der Waals surface area contributed by atoms with Crippen molar-refractivity contribution in [3.63, 3.8) is 0 Å². The summed E-state index contributed by atoms with van der Waals surface area (Å²) in [6, 6.07) is 4.19. The summed E-state index contributed by atoms with van der Waals surface area (Å²) < 4.78 is 0. The lowest BCUT2D eigenvalue weighted by Gasteiger charge is -2.03. The lowest BCUT2D eigenvalue weighted by atomic mass is 10.0. The van der Waals surface area contributed by atoms with Crippen LogP contribution in [0.1, 0.15) is 76.2 Å². The van der Waals surface area contributed by atoms with E-state index < -0.39 is 0 Å². The number of hydrogen-bond acceptors (Lipinski definition) is 3. The molecule has 3 nitrogen and oxygen atoms in total. The number of hydrogen-bond donors (Lipinski definition) is 1. The molecule has 0 fully saturated rings. The SMILES string of the molecule is O/N=C/CCCCCCCCCCCCc1cccnc1. The van der Waals surface area contributed by atoms with Crippen molar-refractivity contribution in [3.8, 4) is 0 Å². The van der Waals surface area contributed by atoms with Gasteiger partial charge in [-0.3, -0.25) is 4.98 Å². The first-order valence-electron chi connectivity index (χ1n) is 8.48. The van der Waals surface area contributed by atoms with E-state index in [1.807, 2.05) is 18.5 Å². The number of unbranched alkanes of at least 4 members (excludes halogenated alkanes) is 10. The molecule has 0 aliphatic rings. The van der Waals surface area contributed by atoms with Gasteiger partial charge in [-0.05, 0) is 37.3 Å². The molecule has 1 aromatic heterocycles. The first-order valence-corrected chi connectivity index (χ1v) is 8.48. The van der Waals surface area contributed by atoms with Gasteiger partial charge in [0, 0.05) is 18.6 Å². The van der Waals surface area contributed by atoms with Crippen LogP contribution in [0.3, 0.4) is 0 Å². The minimum atomic E-state index is 0.910. The molecule has 1 rings (SSSR count). The minimum absolute atomic E-state index is 0.910. The first-order chi connectivity index (χ1) is 10.4. The largest absolute Gasteiger partial charge is 0.411 e. The number of pyridine rings is 1. The fourth-order valence-corrected chi connectivity index (χ4v) is 2.58. The first kappa shape index (κ1) is 17.7. The van der Waals surface area contributed by atoms with Crippen molar-refractivity contribution in [2.24, 2.45) is 5.16 Å². The van der Waals surface area contributed by atoms with E-state index in [1.165, 1.54) is 69.8 Å². The van der Waals surface area contributed by atoms with Crippen molar-refractivity contribution >= 4 is 6.21 Å². The molecule has 118 valence electrons. The van der Waals surface area contributed by atoms with Crippen molar-refractivity contribution in [3.05, 3.63) is 30.1 Å². The molecular weight excluding hydrogens is 260 g/mol. The van der Waals surface area contributed by atoms with E-state index in [2.05, 4.69) is 16.2 Å². The zero-order chi connectivity index (χ0) is 15.0. The Kier molecular flexibility index (Phi) is 11.4. The van der Waals surface area contributed by atoms with E-state index in [0.717, 1.165) is 12.8 Å². The maximum atomic E-state index is 8.26. The van der Waals surface area contributed by atoms with Crippen molar-refractivity contribution in [1.82, 2.24) is 4.98 Å². The molecule has 0 spiro atoms. The summed E-state index contributed by atoms with van der Waals surface area (Å²) in [4.78, 5) is 4.15. The van der Waals surface area contributed by atoms with Crippen LogP contribution >= 0.6 is 0 Å². The van der Waals surface area contributed by atoms with E-state index >= 15 is 0 Å². The highest BCUT2D eigenvalue weighted by Crippen LogP contribution is 2.12.